The van der Waals surface area contributed by atoms with Crippen LogP contribution in [0.15, 0.2) is 73.1 Å². The highest BCUT2D eigenvalue weighted by Gasteiger charge is 2.31. The number of aromatic nitrogens is 2. The van der Waals surface area contributed by atoms with Gasteiger partial charge in [-0.25, -0.2) is 0 Å². The molecule has 214 valence electrons. The molecule has 1 saturated heterocycles. The van der Waals surface area contributed by atoms with Gasteiger partial charge in [-0.3, -0.25) is 29.3 Å². The summed E-state index contributed by atoms with van der Waals surface area (Å²) in [5, 5.41) is 16.3. The third-order valence-electron chi connectivity index (χ3n) is 7.27. The number of carbonyl (C=O) groups excluding carboxylic acids is 3. The molecule has 1 aliphatic heterocycles. The van der Waals surface area contributed by atoms with Gasteiger partial charge in [-0.2, -0.15) is 0 Å². The van der Waals surface area contributed by atoms with Crippen molar-refractivity contribution in [3.05, 3.63) is 106 Å². The minimum atomic E-state index is -0.669. The largest absolute Gasteiger partial charge is 0.389 e. The van der Waals surface area contributed by atoms with Gasteiger partial charge < -0.3 is 15.7 Å². The summed E-state index contributed by atoms with van der Waals surface area (Å²) < 4.78 is 0. The van der Waals surface area contributed by atoms with Gasteiger partial charge in [-0.15, -0.1) is 0 Å². The van der Waals surface area contributed by atoms with Crippen molar-refractivity contribution in [2.45, 2.75) is 32.4 Å². The van der Waals surface area contributed by atoms with Crippen LogP contribution in [-0.2, 0) is 6.54 Å². The summed E-state index contributed by atoms with van der Waals surface area (Å²) in [4.78, 5) is 47.2. The number of hydrogen-bond donors (Lipinski definition) is 3. The SMILES string of the molecule is Cc1c(NC(=O)c2ccc(C=O)cn2)cccc1-c1cccc(NC(=O)c2ccc(CN3CCC(C)(O)C3)cn2)c1Cl. The number of benzene rings is 2. The predicted molar refractivity (Wildman–Crippen MR) is 162 cm³/mol. The fraction of sp³-hybridized carbons (Fsp3) is 0.219. The Morgan fingerprint density at radius 2 is 1.60 bits per heavy atom. The van der Waals surface area contributed by atoms with Gasteiger partial charge in [0.2, 0.25) is 0 Å². The number of nitrogens with zero attached hydrogens (tertiary/aromatic N) is 3. The van der Waals surface area contributed by atoms with E-state index in [0.717, 1.165) is 29.7 Å². The topological polar surface area (TPSA) is 125 Å². The number of aliphatic hydroxyl groups is 1. The second kappa shape index (κ2) is 12.2. The van der Waals surface area contributed by atoms with Gasteiger partial charge >= 0.3 is 0 Å². The Bertz CT molecular complexity index is 1640. The second-order valence-corrected chi connectivity index (χ2v) is 11.0. The number of β-amino-alcohol motifs (C(OH)–C–C–N with tert-alkyl or cyclic N) is 1. The van der Waals surface area contributed by atoms with E-state index < -0.39 is 17.4 Å². The maximum absolute atomic E-state index is 13.0. The van der Waals surface area contributed by atoms with Crippen molar-refractivity contribution in [3.8, 4) is 11.1 Å². The van der Waals surface area contributed by atoms with Crippen molar-refractivity contribution in [2.75, 3.05) is 23.7 Å². The van der Waals surface area contributed by atoms with Gasteiger partial charge in [0.05, 0.1) is 16.3 Å². The number of pyridine rings is 2. The minimum absolute atomic E-state index is 0.180. The van der Waals surface area contributed by atoms with Crippen LogP contribution >= 0.6 is 11.6 Å². The molecule has 10 heteroatoms. The molecule has 1 atom stereocenters. The number of amides is 2. The van der Waals surface area contributed by atoms with Crippen molar-refractivity contribution >= 4 is 41.1 Å². The molecule has 1 aliphatic rings. The van der Waals surface area contributed by atoms with Crippen molar-refractivity contribution in [3.63, 3.8) is 0 Å². The van der Waals surface area contributed by atoms with E-state index in [-0.39, 0.29) is 11.4 Å². The number of anilines is 2. The highest BCUT2D eigenvalue weighted by molar-refractivity contribution is 6.36. The van der Waals surface area contributed by atoms with Crippen LogP contribution < -0.4 is 10.6 Å². The standard InChI is InChI=1S/C32H30ClN5O4/c1-20-23(5-3-7-25(20)36-30(40)28-12-10-22(18-39)16-35-28)24-6-4-8-26(29(24)33)37-31(41)27-11-9-21(15-34-27)17-38-14-13-32(2,42)19-38/h3-12,15-16,18,42H,13-14,17,19H2,1-2H3,(H,36,40)(H,37,41). The lowest BCUT2D eigenvalue weighted by Crippen LogP contribution is -2.29. The first-order chi connectivity index (χ1) is 20.1. The quantitative estimate of drug-likeness (QED) is 0.238. The molecule has 3 N–H and O–H groups in total. The van der Waals surface area contributed by atoms with Gasteiger partial charge in [-0.1, -0.05) is 41.9 Å². The average molecular weight is 584 g/mol. The summed E-state index contributed by atoms with van der Waals surface area (Å²) >= 11 is 6.79. The first-order valence-corrected chi connectivity index (χ1v) is 13.8. The van der Waals surface area contributed by atoms with E-state index in [1.54, 1.807) is 36.5 Å². The Morgan fingerprint density at radius 3 is 2.19 bits per heavy atom. The summed E-state index contributed by atoms with van der Waals surface area (Å²) in [6.45, 7) is 5.77. The second-order valence-electron chi connectivity index (χ2n) is 10.7. The van der Waals surface area contributed by atoms with E-state index in [1.807, 2.05) is 32.0 Å². The van der Waals surface area contributed by atoms with Crippen molar-refractivity contribution in [1.29, 1.82) is 0 Å². The first-order valence-electron chi connectivity index (χ1n) is 13.5. The number of nitrogens with one attached hydrogen (secondary N) is 2. The third-order valence-corrected chi connectivity index (χ3v) is 7.68. The van der Waals surface area contributed by atoms with E-state index >= 15 is 0 Å². The lowest BCUT2D eigenvalue weighted by atomic mass is 9.98. The average Bonchev–Trinajstić information content (AvgIpc) is 3.33. The monoisotopic (exact) mass is 583 g/mol. The van der Waals surface area contributed by atoms with Crippen molar-refractivity contribution in [2.24, 2.45) is 0 Å². The molecule has 1 fully saturated rings. The van der Waals surface area contributed by atoms with E-state index in [9.17, 15) is 19.5 Å². The zero-order valence-corrected chi connectivity index (χ0v) is 24.0. The molecule has 42 heavy (non-hydrogen) atoms. The van der Waals surface area contributed by atoms with Crippen LogP contribution in [0.5, 0.6) is 0 Å². The van der Waals surface area contributed by atoms with Crippen molar-refractivity contribution < 1.29 is 19.5 Å². The van der Waals surface area contributed by atoms with Crippen molar-refractivity contribution in [1.82, 2.24) is 14.9 Å². The lowest BCUT2D eigenvalue weighted by Gasteiger charge is -2.18. The van der Waals surface area contributed by atoms with Crippen LogP contribution in [0.1, 0.15) is 55.8 Å². The van der Waals surface area contributed by atoms with Gasteiger partial charge in [-0.05, 0) is 67.3 Å². The molecule has 0 spiro atoms. The molecular formula is C32H30ClN5O4. The van der Waals surface area contributed by atoms with Gasteiger partial charge in [0, 0.05) is 48.8 Å². The number of rotatable bonds is 8. The molecule has 5 rings (SSSR count). The van der Waals surface area contributed by atoms with Crippen LogP contribution in [0.25, 0.3) is 11.1 Å². The Balaban J connectivity index is 1.30. The van der Waals surface area contributed by atoms with Gasteiger partial charge in [0.25, 0.3) is 11.8 Å². The van der Waals surface area contributed by atoms with E-state index in [1.165, 1.54) is 18.3 Å². The maximum atomic E-state index is 13.0. The van der Waals surface area contributed by atoms with Crippen LogP contribution in [-0.4, -0.2) is 56.8 Å². The lowest BCUT2D eigenvalue weighted by molar-refractivity contribution is 0.0678. The smallest absolute Gasteiger partial charge is 0.274 e. The molecule has 2 aromatic carbocycles. The number of likely N-dealkylation sites (tertiary alicyclic amines) is 1. The third kappa shape index (κ3) is 6.54. The molecule has 4 aromatic rings. The molecule has 0 radical (unpaired) electrons. The van der Waals surface area contributed by atoms with Gasteiger partial charge in [0.15, 0.2) is 6.29 Å². The first kappa shape index (κ1) is 29.1. The molecular weight excluding hydrogens is 554 g/mol. The van der Waals surface area contributed by atoms with Crippen LogP contribution in [0.2, 0.25) is 5.02 Å². The molecule has 9 nitrogen and oxygen atoms in total. The summed E-state index contributed by atoms with van der Waals surface area (Å²) in [5.74, 6) is -0.804. The Morgan fingerprint density at radius 1 is 0.952 bits per heavy atom. The summed E-state index contributed by atoms with van der Waals surface area (Å²) in [6, 6.07) is 17.4. The Hall–Kier alpha value is -4.44. The van der Waals surface area contributed by atoms with Crippen LogP contribution in [0.4, 0.5) is 11.4 Å². The van der Waals surface area contributed by atoms with Crippen LogP contribution in [0.3, 0.4) is 0 Å². The Kier molecular flexibility index (Phi) is 8.44. The molecule has 0 bridgehead atoms. The van der Waals surface area contributed by atoms with Gasteiger partial charge in [0.1, 0.15) is 11.4 Å². The number of carbonyl (C=O) groups is 3. The maximum Gasteiger partial charge on any atom is 0.274 e. The van der Waals surface area contributed by atoms with E-state index in [0.29, 0.717) is 46.9 Å². The molecule has 3 heterocycles. The fourth-order valence-corrected chi connectivity index (χ4v) is 5.24. The molecule has 2 aromatic heterocycles. The fourth-order valence-electron chi connectivity index (χ4n) is 4.97. The highest BCUT2D eigenvalue weighted by Crippen LogP contribution is 2.37. The van der Waals surface area contributed by atoms with E-state index in [4.69, 9.17) is 11.6 Å². The zero-order chi connectivity index (χ0) is 29.9. The molecule has 0 saturated carbocycles. The normalized spacial score (nSPS) is 16.7. The number of aldehydes is 1. The van der Waals surface area contributed by atoms with Crippen LogP contribution in [0, 0.1) is 6.92 Å². The number of halogens is 1. The molecule has 1 unspecified atom stereocenters. The molecule has 0 aliphatic carbocycles. The Labute approximate surface area is 248 Å². The summed E-state index contributed by atoms with van der Waals surface area (Å²) in [7, 11) is 0. The zero-order valence-electron chi connectivity index (χ0n) is 23.2. The number of hydrogen-bond acceptors (Lipinski definition) is 7. The summed E-state index contributed by atoms with van der Waals surface area (Å²) in [5.41, 5.74) is 4.35. The van der Waals surface area contributed by atoms with E-state index in [2.05, 4.69) is 25.5 Å². The predicted octanol–water partition coefficient (Wildman–Crippen LogP) is 5.38. The highest BCUT2D eigenvalue weighted by atomic mass is 35.5. The minimum Gasteiger partial charge on any atom is -0.389 e. The summed E-state index contributed by atoms with van der Waals surface area (Å²) in [6.07, 6.45) is 4.41. The molecule has 2 amide bonds.